The number of nitrogen functional groups attached to an aromatic ring is 1. The number of ether oxygens (including phenoxy) is 1. The van der Waals surface area contributed by atoms with Gasteiger partial charge < -0.3 is 16.3 Å². The molecule has 0 heterocycles. The van der Waals surface area contributed by atoms with E-state index in [1.807, 2.05) is 27.7 Å². The normalized spacial score (nSPS) is 12.6. The molecule has 0 saturated heterocycles. The number of benzene rings is 1. The van der Waals surface area contributed by atoms with Gasteiger partial charge in [-0.3, -0.25) is 0 Å². The van der Waals surface area contributed by atoms with Crippen LogP contribution in [0.2, 0.25) is 0 Å². The molecule has 1 rings (SSSR count). The van der Waals surface area contributed by atoms with Crippen molar-refractivity contribution >= 4 is 11.5 Å². The van der Waals surface area contributed by atoms with Crippen molar-refractivity contribution in [3.05, 3.63) is 23.8 Å². The molecule has 0 aliphatic rings. The summed E-state index contributed by atoms with van der Waals surface area (Å²) in [6.07, 6.45) is 0.0604. The van der Waals surface area contributed by atoms with Crippen molar-refractivity contribution < 1.29 is 4.74 Å². The average Bonchev–Trinajstić information content (AvgIpc) is 2.27. The lowest BCUT2D eigenvalue weighted by Crippen LogP contribution is -2.08. The SMILES string of the molecule is CC(C)N=NC(=NN)c1cc(N)cc(OC(C)C)c1. The lowest BCUT2D eigenvalue weighted by molar-refractivity contribution is 0.242. The highest BCUT2D eigenvalue weighted by molar-refractivity contribution is 6.00. The van der Waals surface area contributed by atoms with Crippen LogP contribution >= 0.6 is 0 Å². The largest absolute Gasteiger partial charge is 0.491 e. The minimum absolute atomic E-state index is 0.0604. The Morgan fingerprint density at radius 2 is 1.84 bits per heavy atom. The van der Waals surface area contributed by atoms with Crippen molar-refractivity contribution in [2.75, 3.05) is 5.73 Å². The van der Waals surface area contributed by atoms with Crippen LogP contribution in [0.3, 0.4) is 0 Å². The summed E-state index contributed by atoms with van der Waals surface area (Å²) in [5.74, 6) is 6.33. The molecule has 0 aliphatic heterocycles. The Hall–Kier alpha value is -2.11. The fraction of sp³-hybridized carbons (Fsp3) is 0.462. The van der Waals surface area contributed by atoms with Crippen molar-refractivity contribution in [3.63, 3.8) is 0 Å². The van der Waals surface area contributed by atoms with E-state index in [0.29, 0.717) is 22.8 Å². The van der Waals surface area contributed by atoms with E-state index >= 15 is 0 Å². The number of hydrogen-bond acceptors (Lipinski definition) is 5. The third-order valence-corrected chi connectivity index (χ3v) is 2.06. The van der Waals surface area contributed by atoms with E-state index in [4.69, 9.17) is 16.3 Å². The standard InChI is InChI=1S/C13H21N5O/c1-8(2)17-18-13(16-15)10-5-11(14)7-12(6-10)19-9(3)4/h5-9H,14-15H2,1-4H3. The molecular formula is C13H21N5O. The van der Waals surface area contributed by atoms with E-state index in [1.165, 1.54) is 0 Å². The number of rotatable bonds is 4. The van der Waals surface area contributed by atoms with Crippen molar-refractivity contribution in [1.82, 2.24) is 0 Å². The van der Waals surface area contributed by atoms with Gasteiger partial charge in [-0.25, -0.2) is 0 Å². The number of hydrazone groups is 1. The van der Waals surface area contributed by atoms with Gasteiger partial charge in [0.2, 0.25) is 0 Å². The predicted octanol–water partition coefficient (Wildman–Crippen LogP) is 2.54. The molecular weight excluding hydrogens is 242 g/mol. The number of anilines is 1. The lowest BCUT2D eigenvalue weighted by Gasteiger charge is -2.11. The van der Waals surface area contributed by atoms with E-state index < -0.39 is 0 Å². The molecule has 0 atom stereocenters. The maximum absolute atomic E-state index is 5.84. The van der Waals surface area contributed by atoms with Crippen LogP contribution in [0.4, 0.5) is 5.69 Å². The first-order chi connectivity index (χ1) is 8.92. The number of azo groups is 1. The van der Waals surface area contributed by atoms with Gasteiger partial charge in [-0.2, -0.15) is 10.2 Å². The molecule has 0 aromatic heterocycles. The number of amidine groups is 1. The van der Waals surface area contributed by atoms with Crippen LogP contribution in [0.5, 0.6) is 5.75 Å². The Kier molecular flexibility index (Phi) is 5.29. The summed E-state index contributed by atoms with van der Waals surface area (Å²) in [4.78, 5) is 0. The molecule has 0 aliphatic carbocycles. The van der Waals surface area contributed by atoms with Crippen molar-refractivity contribution in [2.24, 2.45) is 21.2 Å². The van der Waals surface area contributed by atoms with Crippen molar-refractivity contribution in [2.45, 2.75) is 39.8 Å². The molecule has 0 bridgehead atoms. The smallest absolute Gasteiger partial charge is 0.200 e. The van der Waals surface area contributed by atoms with E-state index in [9.17, 15) is 0 Å². The summed E-state index contributed by atoms with van der Waals surface area (Å²) < 4.78 is 5.61. The minimum atomic E-state index is 0.0604. The van der Waals surface area contributed by atoms with Crippen molar-refractivity contribution in [3.8, 4) is 5.75 Å². The summed E-state index contributed by atoms with van der Waals surface area (Å²) in [5, 5.41) is 11.7. The Morgan fingerprint density at radius 3 is 2.37 bits per heavy atom. The monoisotopic (exact) mass is 263 g/mol. The molecule has 19 heavy (non-hydrogen) atoms. The zero-order valence-electron chi connectivity index (χ0n) is 11.8. The molecule has 0 saturated carbocycles. The summed E-state index contributed by atoms with van der Waals surface area (Å²) in [7, 11) is 0. The number of hydrogen-bond donors (Lipinski definition) is 2. The van der Waals surface area contributed by atoms with Gasteiger partial charge in [-0.1, -0.05) is 0 Å². The van der Waals surface area contributed by atoms with Crippen LogP contribution in [0.15, 0.2) is 33.5 Å². The number of nitrogens with two attached hydrogens (primary N) is 2. The maximum Gasteiger partial charge on any atom is 0.200 e. The third kappa shape index (κ3) is 4.95. The predicted molar refractivity (Wildman–Crippen MR) is 77.3 cm³/mol. The Bertz CT molecular complexity index is 480. The van der Waals surface area contributed by atoms with Crippen LogP contribution < -0.4 is 16.3 Å². The van der Waals surface area contributed by atoms with E-state index in [1.54, 1.807) is 18.2 Å². The van der Waals surface area contributed by atoms with E-state index in [2.05, 4.69) is 15.3 Å². The van der Waals surface area contributed by atoms with Crippen LogP contribution in [-0.2, 0) is 0 Å². The quantitative estimate of drug-likeness (QED) is 0.218. The van der Waals surface area contributed by atoms with Crippen LogP contribution in [0.25, 0.3) is 0 Å². The minimum Gasteiger partial charge on any atom is -0.491 e. The molecule has 1 aromatic rings. The first-order valence-electron chi connectivity index (χ1n) is 6.18. The van der Waals surface area contributed by atoms with E-state index in [0.717, 1.165) is 0 Å². The highest BCUT2D eigenvalue weighted by atomic mass is 16.5. The molecule has 1 aromatic carbocycles. The van der Waals surface area contributed by atoms with Gasteiger partial charge in [-0.05, 0) is 39.8 Å². The molecule has 6 nitrogen and oxygen atoms in total. The first-order valence-corrected chi connectivity index (χ1v) is 6.18. The molecule has 0 unspecified atom stereocenters. The Morgan fingerprint density at radius 1 is 1.16 bits per heavy atom. The van der Waals surface area contributed by atoms with Crippen molar-refractivity contribution in [1.29, 1.82) is 0 Å². The highest BCUT2D eigenvalue weighted by Crippen LogP contribution is 2.21. The molecule has 4 N–H and O–H groups in total. The molecule has 0 fully saturated rings. The van der Waals surface area contributed by atoms with Crippen LogP contribution in [0, 0.1) is 0 Å². The van der Waals surface area contributed by atoms with Gasteiger partial charge in [0.05, 0.1) is 12.1 Å². The third-order valence-electron chi connectivity index (χ3n) is 2.06. The van der Waals surface area contributed by atoms with Gasteiger partial charge in [0.15, 0.2) is 5.84 Å². The van der Waals surface area contributed by atoms with Gasteiger partial charge in [0.1, 0.15) is 5.75 Å². The highest BCUT2D eigenvalue weighted by Gasteiger charge is 2.08. The fourth-order valence-corrected chi connectivity index (χ4v) is 1.42. The molecule has 0 spiro atoms. The Balaban J connectivity index is 3.07. The molecule has 6 heteroatoms. The van der Waals surface area contributed by atoms with Gasteiger partial charge in [0.25, 0.3) is 0 Å². The second kappa shape index (κ2) is 6.72. The second-order valence-electron chi connectivity index (χ2n) is 4.72. The summed E-state index contributed by atoms with van der Waals surface area (Å²) in [6.45, 7) is 7.73. The average molecular weight is 263 g/mol. The summed E-state index contributed by atoms with van der Waals surface area (Å²) in [6, 6.07) is 5.35. The second-order valence-corrected chi connectivity index (χ2v) is 4.72. The van der Waals surface area contributed by atoms with E-state index in [-0.39, 0.29) is 12.1 Å². The molecule has 0 radical (unpaired) electrons. The number of nitrogens with zero attached hydrogens (tertiary/aromatic N) is 3. The van der Waals surface area contributed by atoms with Gasteiger partial charge in [0, 0.05) is 17.3 Å². The van der Waals surface area contributed by atoms with Crippen LogP contribution in [-0.4, -0.2) is 18.0 Å². The summed E-state index contributed by atoms with van der Waals surface area (Å²) >= 11 is 0. The van der Waals surface area contributed by atoms with Gasteiger partial charge >= 0.3 is 0 Å². The zero-order chi connectivity index (χ0) is 14.4. The van der Waals surface area contributed by atoms with Gasteiger partial charge in [-0.15, -0.1) is 5.11 Å². The molecule has 104 valence electrons. The Labute approximate surface area is 113 Å². The van der Waals surface area contributed by atoms with Crippen LogP contribution in [0.1, 0.15) is 33.3 Å². The zero-order valence-corrected chi connectivity index (χ0v) is 11.8. The fourth-order valence-electron chi connectivity index (χ4n) is 1.42. The lowest BCUT2D eigenvalue weighted by atomic mass is 10.1. The first kappa shape index (κ1) is 14.9. The maximum atomic E-state index is 5.84. The summed E-state index contributed by atoms with van der Waals surface area (Å²) in [5.41, 5.74) is 7.08. The molecule has 0 amide bonds. The topological polar surface area (TPSA) is 98.3 Å².